The standard InChI is InChI=1S/C17H25NS/c1-19-17-9-5-4-8-16(17)18-15-11-10-13-6-2-3-7-14(13)12-15/h2-3,6-7,15-18H,4-5,8-12H2,1H3. The van der Waals surface area contributed by atoms with Crippen molar-refractivity contribution in [2.24, 2.45) is 0 Å². The predicted molar refractivity (Wildman–Crippen MR) is 84.9 cm³/mol. The van der Waals surface area contributed by atoms with Crippen LogP contribution in [0.4, 0.5) is 0 Å². The van der Waals surface area contributed by atoms with Crippen molar-refractivity contribution in [3.05, 3.63) is 35.4 Å². The number of hydrogen-bond donors (Lipinski definition) is 1. The largest absolute Gasteiger partial charge is 0.310 e. The van der Waals surface area contributed by atoms with Gasteiger partial charge < -0.3 is 5.32 Å². The highest BCUT2D eigenvalue weighted by Gasteiger charge is 2.27. The van der Waals surface area contributed by atoms with Gasteiger partial charge in [0.15, 0.2) is 0 Å². The molecule has 0 heterocycles. The summed E-state index contributed by atoms with van der Waals surface area (Å²) in [5.41, 5.74) is 3.15. The minimum Gasteiger partial charge on any atom is -0.310 e. The lowest BCUT2D eigenvalue weighted by atomic mass is 9.86. The van der Waals surface area contributed by atoms with Gasteiger partial charge in [-0.3, -0.25) is 0 Å². The average molecular weight is 275 g/mol. The summed E-state index contributed by atoms with van der Waals surface area (Å²) in [4.78, 5) is 0. The van der Waals surface area contributed by atoms with Crippen molar-refractivity contribution >= 4 is 11.8 Å². The molecular formula is C17H25NS. The molecule has 2 heteroatoms. The fourth-order valence-corrected chi connectivity index (χ4v) is 4.66. The molecule has 0 saturated heterocycles. The van der Waals surface area contributed by atoms with Gasteiger partial charge >= 0.3 is 0 Å². The third kappa shape index (κ3) is 3.17. The molecule has 1 nitrogen and oxygen atoms in total. The van der Waals surface area contributed by atoms with Gasteiger partial charge in [-0.2, -0.15) is 11.8 Å². The van der Waals surface area contributed by atoms with E-state index in [1.54, 1.807) is 11.1 Å². The van der Waals surface area contributed by atoms with Crippen molar-refractivity contribution in [3.63, 3.8) is 0 Å². The first-order valence-corrected chi connectivity index (χ1v) is 9.01. The number of benzene rings is 1. The summed E-state index contributed by atoms with van der Waals surface area (Å²) in [6.07, 6.45) is 11.7. The molecule has 0 spiro atoms. The van der Waals surface area contributed by atoms with E-state index in [0.717, 1.165) is 11.3 Å². The molecule has 3 unspecified atom stereocenters. The topological polar surface area (TPSA) is 12.0 Å². The Kier molecular flexibility index (Phi) is 4.49. The van der Waals surface area contributed by atoms with Crippen molar-refractivity contribution in [1.82, 2.24) is 5.32 Å². The van der Waals surface area contributed by atoms with Crippen LogP contribution in [0.2, 0.25) is 0 Å². The zero-order chi connectivity index (χ0) is 13.1. The van der Waals surface area contributed by atoms with E-state index >= 15 is 0 Å². The minimum absolute atomic E-state index is 0.702. The summed E-state index contributed by atoms with van der Waals surface area (Å²) in [7, 11) is 0. The molecule has 0 bridgehead atoms. The van der Waals surface area contributed by atoms with E-state index in [2.05, 4.69) is 47.6 Å². The van der Waals surface area contributed by atoms with Crippen LogP contribution in [0.25, 0.3) is 0 Å². The van der Waals surface area contributed by atoms with E-state index in [1.165, 1.54) is 44.9 Å². The highest BCUT2D eigenvalue weighted by molar-refractivity contribution is 7.99. The first-order valence-electron chi connectivity index (χ1n) is 7.72. The number of thioether (sulfide) groups is 1. The molecule has 1 fully saturated rings. The number of rotatable bonds is 3. The van der Waals surface area contributed by atoms with Crippen LogP contribution in [-0.4, -0.2) is 23.6 Å². The first kappa shape index (κ1) is 13.5. The smallest absolute Gasteiger partial charge is 0.0198 e. The zero-order valence-corrected chi connectivity index (χ0v) is 12.7. The van der Waals surface area contributed by atoms with Gasteiger partial charge in [0.2, 0.25) is 0 Å². The van der Waals surface area contributed by atoms with Crippen LogP contribution in [-0.2, 0) is 12.8 Å². The van der Waals surface area contributed by atoms with Crippen molar-refractivity contribution in [1.29, 1.82) is 0 Å². The minimum atomic E-state index is 0.702. The fourth-order valence-electron chi connectivity index (χ4n) is 3.71. The lowest BCUT2D eigenvalue weighted by Crippen LogP contribution is -2.47. The fraction of sp³-hybridized carbons (Fsp3) is 0.647. The van der Waals surface area contributed by atoms with Gasteiger partial charge in [0.1, 0.15) is 0 Å². The van der Waals surface area contributed by atoms with Crippen LogP contribution in [0.3, 0.4) is 0 Å². The van der Waals surface area contributed by atoms with E-state index in [-0.39, 0.29) is 0 Å². The van der Waals surface area contributed by atoms with Crippen molar-refractivity contribution in [3.8, 4) is 0 Å². The van der Waals surface area contributed by atoms with Crippen LogP contribution >= 0.6 is 11.8 Å². The van der Waals surface area contributed by atoms with Gasteiger partial charge in [0.05, 0.1) is 0 Å². The van der Waals surface area contributed by atoms with Crippen LogP contribution < -0.4 is 5.32 Å². The molecular weight excluding hydrogens is 250 g/mol. The van der Waals surface area contributed by atoms with Gasteiger partial charge in [0.25, 0.3) is 0 Å². The third-order valence-corrected chi connectivity index (χ3v) is 5.97. The summed E-state index contributed by atoms with van der Waals surface area (Å²) in [5, 5.41) is 4.82. The number of aryl methyl sites for hydroxylation is 1. The Hall–Kier alpha value is -0.470. The summed E-state index contributed by atoms with van der Waals surface area (Å²) in [6, 6.07) is 10.4. The molecule has 1 N–H and O–H groups in total. The molecule has 2 aliphatic carbocycles. The molecule has 3 atom stereocenters. The Morgan fingerprint density at radius 3 is 2.68 bits per heavy atom. The van der Waals surface area contributed by atoms with E-state index < -0.39 is 0 Å². The van der Waals surface area contributed by atoms with Gasteiger partial charge in [-0.25, -0.2) is 0 Å². The van der Waals surface area contributed by atoms with Crippen molar-refractivity contribution in [2.45, 2.75) is 62.3 Å². The lowest BCUT2D eigenvalue weighted by molar-refractivity contribution is 0.328. The maximum Gasteiger partial charge on any atom is 0.0198 e. The average Bonchev–Trinajstić information content (AvgIpc) is 2.48. The summed E-state index contributed by atoms with van der Waals surface area (Å²) in [6.45, 7) is 0. The van der Waals surface area contributed by atoms with Gasteiger partial charge in [-0.05, 0) is 49.5 Å². The van der Waals surface area contributed by atoms with Gasteiger partial charge in [0, 0.05) is 17.3 Å². The second-order valence-electron chi connectivity index (χ2n) is 6.04. The Morgan fingerprint density at radius 2 is 1.84 bits per heavy atom. The molecule has 104 valence electrons. The van der Waals surface area contributed by atoms with E-state index in [0.29, 0.717) is 6.04 Å². The van der Waals surface area contributed by atoms with Crippen LogP contribution in [0.15, 0.2) is 24.3 Å². The number of fused-ring (bicyclic) bond motifs is 1. The molecule has 0 aliphatic heterocycles. The Labute approximate surface area is 121 Å². The normalized spacial score (nSPS) is 30.9. The van der Waals surface area contributed by atoms with Crippen LogP contribution in [0.5, 0.6) is 0 Å². The molecule has 0 aromatic heterocycles. The second kappa shape index (κ2) is 6.32. The SMILES string of the molecule is CSC1CCCCC1NC1CCc2ccccc2C1. The maximum absolute atomic E-state index is 3.98. The Bertz CT molecular complexity index is 417. The molecule has 3 rings (SSSR count). The van der Waals surface area contributed by atoms with Gasteiger partial charge in [-0.15, -0.1) is 0 Å². The molecule has 1 aromatic carbocycles. The first-order chi connectivity index (χ1) is 9.36. The van der Waals surface area contributed by atoms with Crippen molar-refractivity contribution in [2.75, 3.05) is 6.26 Å². The van der Waals surface area contributed by atoms with Crippen molar-refractivity contribution < 1.29 is 0 Å². The van der Waals surface area contributed by atoms with Crippen LogP contribution in [0, 0.1) is 0 Å². The Balaban J connectivity index is 1.62. The highest BCUT2D eigenvalue weighted by atomic mass is 32.2. The summed E-state index contributed by atoms with van der Waals surface area (Å²) < 4.78 is 0. The molecule has 19 heavy (non-hydrogen) atoms. The van der Waals surface area contributed by atoms with E-state index in [4.69, 9.17) is 0 Å². The maximum atomic E-state index is 3.98. The number of hydrogen-bond acceptors (Lipinski definition) is 2. The highest BCUT2D eigenvalue weighted by Crippen LogP contribution is 2.29. The Morgan fingerprint density at radius 1 is 1.05 bits per heavy atom. The second-order valence-corrected chi connectivity index (χ2v) is 7.12. The predicted octanol–water partition coefficient (Wildman–Crippen LogP) is 3.81. The molecule has 1 aromatic rings. The lowest BCUT2D eigenvalue weighted by Gasteiger charge is -2.36. The molecule has 0 amide bonds. The van der Waals surface area contributed by atoms with Gasteiger partial charge in [-0.1, -0.05) is 37.1 Å². The van der Waals surface area contributed by atoms with Crippen LogP contribution in [0.1, 0.15) is 43.2 Å². The molecule has 2 aliphatic rings. The summed E-state index contributed by atoms with van der Waals surface area (Å²) in [5.74, 6) is 0. The number of nitrogens with one attached hydrogen (secondary N) is 1. The monoisotopic (exact) mass is 275 g/mol. The van der Waals surface area contributed by atoms with E-state index in [1.807, 2.05) is 0 Å². The van der Waals surface area contributed by atoms with E-state index in [9.17, 15) is 0 Å². The third-order valence-electron chi connectivity index (χ3n) is 4.80. The molecule has 1 saturated carbocycles. The zero-order valence-electron chi connectivity index (χ0n) is 11.9. The molecule has 0 radical (unpaired) electrons. The quantitative estimate of drug-likeness (QED) is 0.900. The summed E-state index contributed by atoms with van der Waals surface area (Å²) >= 11 is 2.07.